The number of nitriles is 1. The summed E-state index contributed by atoms with van der Waals surface area (Å²) in [6.07, 6.45) is 2.16. The molecule has 2 heterocycles. The van der Waals surface area contributed by atoms with E-state index < -0.39 is 0 Å². The predicted molar refractivity (Wildman–Crippen MR) is 68.0 cm³/mol. The van der Waals surface area contributed by atoms with Gasteiger partial charge in [-0.3, -0.25) is 4.79 Å². The molecule has 0 aromatic carbocycles. The van der Waals surface area contributed by atoms with Crippen molar-refractivity contribution in [1.82, 2.24) is 9.88 Å². The van der Waals surface area contributed by atoms with Gasteiger partial charge in [-0.15, -0.1) is 0 Å². The molecule has 0 bridgehead atoms. The summed E-state index contributed by atoms with van der Waals surface area (Å²) in [7, 11) is 0. The molecule has 5 heteroatoms. The molecule has 1 amide bonds. The molecule has 1 aliphatic rings. The number of hydrogen-bond acceptors (Lipinski definition) is 4. The molecular weight excluding hydrogens is 228 g/mol. The number of amides is 1. The molecule has 0 spiro atoms. The second kappa shape index (κ2) is 5.50. The summed E-state index contributed by atoms with van der Waals surface area (Å²) >= 11 is 0. The van der Waals surface area contributed by atoms with Crippen LogP contribution in [0.15, 0.2) is 12.1 Å². The number of nitrogens with one attached hydrogen (secondary N) is 1. The SMILES string of the molecule is Cc1ccc(C#N)c(NCC(=O)N2CCCC2)n1. The summed E-state index contributed by atoms with van der Waals surface area (Å²) in [6.45, 7) is 3.74. The Morgan fingerprint density at radius 3 is 2.89 bits per heavy atom. The number of aromatic nitrogens is 1. The number of carbonyl (C=O) groups is 1. The number of aryl methyl sites for hydroxylation is 1. The molecule has 0 atom stereocenters. The molecule has 94 valence electrons. The third-order valence-electron chi connectivity index (χ3n) is 3.02. The molecule has 1 fully saturated rings. The maximum Gasteiger partial charge on any atom is 0.241 e. The van der Waals surface area contributed by atoms with Crippen molar-refractivity contribution in [2.75, 3.05) is 25.0 Å². The number of hydrogen-bond donors (Lipinski definition) is 1. The lowest BCUT2D eigenvalue weighted by atomic mass is 10.2. The number of rotatable bonds is 3. The Hall–Kier alpha value is -2.09. The molecule has 1 saturated heterocycles. The minimum Gasteiger partial charge on any atom is -0.360 e. The van der Waals surface area contributed by atoms with Gasteiger partial charge >= 0.3 is 0 Å². The Balaban J connectivity index is 1.99. The van der Waals surface area contributed by atoms with Crippen LogP contribution < -0.4 is 5.32 Å². The number of likely N-dealkylation sites (tertiary alicyclic amines) is 1. The number of pyridine rings is 1. The summed E-state index contributed by atoms with van der Waals surface area (Å²) in [5, 5.41) is 11.9. The van der Waals surface area contributed by atoms with Crippen LogP contribution in [0.1, 0.15) is 24.1 Å². The first-order chi connectivity index (χ1) is 8.70. The van der Waals surface area contributed by atoms with Gasteiger partial charge < -0.3 is 10.2 Å². The average molecular weight is 244 g/mol. The van der Waals surface area contributed by atoms with Gasteiger partial charge in [0, 0.05) is 18.8 Å². The average Bonchev–Trinajstić information content (AvgIpc) is 2.90. The molecule has 0 aliphatic carbocycles. The highest BCUT2D eigenvalue weighted by molar-refractivity contribution is 5.81. The van der Waals surface area contributed by atoms with Crippen LogP contribution in [0.5, 0.6) is 0 Å². The second-order valence-electron chi connectivity index (χ2n) is 4.40. The fourth-order valence-electron chi connectivity index (χ4n) is 2.02. The summed E-state index contributed by atoms with van der Waals surface area (Å²) in [6, 6.07) is 5.56. The Labute approximate surface area is 106 Å². The largest absolute Gasteiger partial charge is 0.360 e. The number of carbonyl (C=O) groups excluding carboxylic acids is 1. The lowest BCUT2D eigenvalue weighted by Gasteiger charge is -2.16. The molecule has 2 rings (SSSR count). The molecule has 0 radical (unpaired) electrons. The van der Waals surface area contributed by atoms with E-state index in [2.05, 4.69) is 16.4 Å². The van der Waals surface area contributed by atoms with Crippen molar-refractivity contribution in [3.8, 4) is 6.07 Å². The predicted octanol–water partition coefficient (Wildman–Crippen LogP) is 1.30. The topological polar surface area (TPSA) is 69.0 Å². The molecule has 0 saturated carbocycles. The van der Waals surface area contributed by atoms with Gasteiger partial charge in [0.2, 0.25) is 5.91 Å². The molecule has 1 aromatic heterocycles. The van der Waals surface area contributed by atoms with Crippen LogP contribution in [0.3, 0.4) is 0 Å². The normalized spacial score (nSPS) is 14.3. The zero-order chi connectivity index (χ0) is 13.0. The highest BCUT2D eigenvalue weighted by atomic mass is 16.2. The fraction of sp³-hybridized carbons (Fsp3) is 0.462. The van der Waals surface area contributed by atoms with Crippen LogP contribution in [-0.4, -0.2) is 35.4 Å². The molecular formula is C13H16N4O. The minimum atomic E-state index is 0.0692. The van der Waals surface area contributed by atoms with E-state index in [4.69, 9.17) is 5.26 Å². The van der Waals surface area contributed by atoms with Crippen molar-refractivity contribution in [2.24, 2.45) is 0 Å². The Bertz CT molecular complexity index is 486. The summed E-state index contributed by atoms with van der Waals surface area (Å²) in [5.74, 6) is 0.560. The summed E-state index contributed by atoms with van der Waals surface area (Å²) in [5.41, 5.74) is 1.29. The van der Waals surface area contributed by atoms with Crippen molar-refractivity contribution in [3.63, 3.8) is 0 Å². The Morgan fingerprint density at radius 1 is 1.50 bits per heavy atom. The smallest absolute Gasteiger partial charge is 0.241 e. The maximum atomic E-state index is 11.9. The van der Waals surface area contributed by atoms with Crippen LogP contribution in [0.25, 0.3) is 0 Å². The Morgan fingerprint density at radius 2 is 2.22 bits per heavy atom. The van der Waals surface area contributed by atoms with E-state index in [1.807, 2.05) is 11.8 Å². The lowest BCUT2D eigenvalue weighted by Crippen LogP contribution is -2.33. The van der Waals surface area contributed by atoms with Crippen molar-refractivity contribution in [1.29, 1.82) is 5.26 Å². The molecule has 1 aliphatic heterocycles. The van der Waals surface area contributed by atoms with Gasteiger partial charge in [-0.25, -0.2) is 4.98 Å². The van der Waals surface area contributed by atoms with Crippen LogP contribution >= 0.6 is 0 Å². The summed E-state index contributed by atoms with van der Waals surface area (Å²) < 4.78 is 0. The Kier molecular flexibility index (Phi) is 3.78. The lowest BCUT2D eigenvalue weighted by molar-refractivity contribution is -0.128. The first-order valence-corrected chi connectivity index (χ1v) is 6.10. The van der Waals surface area contributed by atoms with Crippen LogP contribution in [-0.2, 0) is 4.79 Å². The number of nitrogens with zero attached hydrogens (tertiary/aromatic N) is 3. The first kappa shape index (κ1) is 12.4. The molecule has 1 N–H and O–H groups in total. The monoisotopic (exact) mass is 244 g/mol. The van der Waals surface area contributed by atoms with Gasteiger partial charge in [0.25, 0.3) is 0 Å². The van der Waals surface area contributed by atoms with E-state index in [1.54, 1.807) is 12.1 Å². The molecule has 1 aromatic rings. The van der Waals surface area contributed by atoms with Crippen molar-refractivity contribution in [3.05, 3.63) is 23.4 Å². The molecule has 18 heavy (non-hydrogen) atoms. The van der Waals surface area contributed by atoms with Crippen LogP contribution in [0, 0.1) is 18.3 Å². The zero-order valence-corrected chi connectivity index (χ0v) is 10.4. The second-order valence-corrected chi connectivity index (χ2v) is 4.40. The molecule has 5 nitrogen and oxygen atoms in total. The van der Waals surface area contributed by atoms with E-state index in [-0.39, 0.29) is 12.5 Å². The van der Waals surface area contributed by atoms with E-state index in [1.165, 1.54) is 0 Å². The van der Waals surface area contributed by atoms with Gasteiger partial charge in [-0.1, -0.05) is 0 Å². The van der Waals surface area contributed by atoms with E-state index in [0.717, 1.165) is 31.6 Å². The van der Waals surface area contributed by atoms with Crippen LogP contribution in [0.4, 0.5) is 5.82 Å². The van der Waals surface area contributed by atoms with Crippen molar-refractivity contribution >= 4 is 11.7 Å². The fourth-order valence-corrected chi connectivity index (χ4v) is 2.02. The van der Waals surface area contributed by atoms with E-state index in [0.29, 0.717) is 11.4 Å². The number of anilines is 1. The van der Waals surface area contributed by atoms with Gasteiger partial charge in [0.05, 0.1) is 12.1 Å². The third kappa shape index (κ3) is 2.77. The van der Waals surface area contributed by atoms with Crippen molar-refractivity contribution < 1.29 is 4.79 Å². The maximum absolute atomic E-state index is 11.9. The minimum absolute atomic E-state index is 0.0692. The first-order valence-electron chi connectivity index (χ1n) is 6.10. The third-order valence-corrected chi connectivity index (χ3v) is 3.02. The molecule has 0 unspecified atom stereocenters. The van der Waals surface area contributed by atoms with Gasteiger partial charge in [0.1, 0.15) is 11.9 Å². The quantitative estimate of drug-likeness (QED) is 0.870. The summed E-state index contributed by atoms with van der Waals surface area (Å²) in [4.78, 5) is 17.9. The van der Waals surface area contributed by atoms with Crippen LogP contribution in [0.2, 0.25) is 0 Å². The van der Waals surface area contributed by atoms with E-state index in [9.17, 15) is 4.79 Å². The van der Waals surface area contributed by atoms with Gasteiger partial charge in [0.15, 0.2) is 0 Å². The van der Waals surface area contributed by atoms with E-state index >= 15 is 0 Å². The highest BCUT2D eigenvalue weighted by Gasteiger charge is 2.17. The van der Waals surface area contributed by atoms with Gasteiger partial charge in [-0.2, -0.15) is 5.26 Å². The standard InChI is InChI=1S/C13H16N4O/c1-10-4-5-11(8-14)13(16-10)15-9-12(18)17-6-2-3-7-17/h4-5H,2-3,6-7,9H2,1H3,(H,15,16). The van der Waals surface area contributed by atoms with Gasteiger partial charge in [-0.05, 0) is 31.9 Å². The van der Waals surface area contributed by atoms with Crippen molar-refractivity contribution in [2.45, 2.75) is 19.8 Å². The highest BCUT2D eigenvalue weighted by Crippen LogP contribution is 2.13. The zero-order valence-electron chi connectivity index (χ0n) is 10.4.